The zero-order valence-corrected chi connectivity index (χ0v) is 23.0. The van der Waals surface area contributed by atoms with Crippen molar-refractivity contribution in [1.29, 1.82) is 0 Å². The van der Waals surface area contributed by atoms with E-state index in [-0.39, 0.29) is 46.7 Å². The van der Waals surface area contributed by atoms with Crippen molar-refractivity contribution in [2.45, 2.75) is 63.7 Å². The maximum absolute atomic E-state index is 14.9. The highest BCUT2D eigenvalue weighted by molar-refractivity contribution is 5.99. The van der Waals surface area contributed by atoms with Crippen LogP contribution in [0.5, 0.6) is 17.2 Å². The molecule has 0 unspecified atom stereocenters. The van der Waals surface area contributed by atoms with Crippen LogP contribution in [-0.2, 0) is 9.59 Å². The van der Waals surface area contributed by atoms with Gasteiger partial charge >= 0.3 is 12.6 Å². The number of hydrogen-bond acceptors (Lipinski definition) is 6. The molecule has 5 rings (SSSR count). The van der Waals surface area contributed by atoms with Gasteiger partial charge in [0.15, 0.2) is 11.6 Å². The number of methoxy groups -OCH3 is 1. The minimum atomic E-state index is -3.00. The van der Waals surface area contributed by atoms with Gasteiger partial charge in [0.25, 0.3) is 5.91 Å². The number of hydrogen-bond donors (Lipinski definition) is 3. The number of nitrogens with one attached hydrogen (secondary N) is 2. The first-order valence-electron chi connectivity index (χ1n) is 14.1. The molecule has 3 aliphatic carbocycles. The van der Waals surface area contributed by atoms with Crippen molar-refractivity contribution in [2.75, 3.05) is 12.4 Å². The first kappa shape index (κ1) is 29.5. The lowest BCUT2D eigenvalue weighted by atomic mass is 9.83. The fourth-order valence-corrected chi connectivity index (χ4v) is 6.66. The van der Waals surface area contributed by atoms with Crippen LogP contribution in [0.2, 0.25) is 0 Å². The second-order valence-corrected chi connectivity index (χ2v) is 11.2. The Morgan fingerprint density at radius 3 is 2.40 bits per heavy atom. The Balaban J connectivity index is 1.30. The van der Waals surface area contributed by atoms with Gasteiger partial charge in [0.2, 0.25) is 5.91 Å². The highest BCUT2D eigenvalue weighted by Crippen LogP contribution is 2.49. The molecule has 2 bridgehead atoms. The number of halogens is 3. The van der Waals surface area contributed by atoms with Crippen LogP contribution in [-0.4, -0.2) is 48.8 Å². The summed E-state index contributed by atoms with van der Waals surface area (Å²) in [4.78, 5) is 38.2. The Hall–Kier alpha value is -3.96. The smallest absolute Gasteiger partial charge is 0.387 e. The fourth-order valence-electron chi connectivity index (χ4n) is 6.66. The number of aliphatic carboxylic acids is 1. The molecule has 0 saturated heterocycles. The molecular weight excluding hydrogens is 557 g/mol. The molecule has 2 amide bonds. The Labute approximate surface area is 240 Å². The van der Waals surface area contributed by atoms with Gasteiger partial charge in [-0.1, -0.05) is 6.07 Å². The zero-order valence-electron chi connectivity index (χ0n) is 23.0. The number of fused-ring (bicyclic) bond motifs is 2. The quantitative estimate of drug-likeness (QED) is 0.346. The van der Waals surface area contributed by atoms with Crippen molar-refractivity contribution in [3.05, 3.63) is 47.8 Å². The Morgan fingerprint density at radius 2 is 1.71 bits per heavy atom. The van der Waals surface area contributed by atoms with Gasteiger partial charge in [0.05, 0.1) is 30.6 Å². The highest BCUT2D eigenvalue weighted by atomic mass is 19.3. The zero-order chi connectivity index (χ0) is 30.0. The number of rotatable bonds is 10. The number of amides is 2. The second kappa shape index (κ2) is 12.5. The average molecular weight is 591 g/mol. The minimum Gasteiger partial charge on any atom is -0.496 e. The van der Waals surface area contributed by atoms with E-state index in [1.165, 1.54) is 31.4 Å². The van der Waals surface area contributed by atoms with E-state index in [4.69, 9.17) is 9.47 Å². The van der Waals surface area contributed by atoms with Gasteiger partial charge < -0.3 is 30.0 Å². The Morgan fingerprint density at radius 1 is 0.976 bits per heavy atom. The predicted octanol–water partition coefficient (Wildman–Crippen LogP) is 5.24. The predicted molar refractivity (Wildman–Crippen MR) is 144 cm³/mol. The summed E-state index contributed by atoms with van der Waals surface area (Å²) in [6.07, 6.45) is 3.77. The largest absolute Gasteiger partial charge is 0.496 e. The summed E-state index contributed by atoms with van der Waals surface area (Å²) in [6.45, 7) is -3.00. The molecule has 3 saturated carbocycles. The molecule has 12 heteroatoms. The van der Waals surface area contributed by atoms with Crippen LogP contribution in [0.3, 0.4) is 0 Å². The third kappa shape index (κ3) is 6.42. The lowest BCUT2D eigenvalue weighted by molar-refractivity contribution is -0.143. The van der Waals surface area contributed by atoms with Crippen LogP contribution in [0.4, 0.5) is 18.9 Å². The van der Waals surface area contributed by atoms with Gasteiger partial charge in [0.1, 0.15) is 11.5 Å². The molecule has 0 aromatic heterocycles. The molecule has 0 radical (unpaired) electrons. The molecule has 0 aliphatic heterocycles. The molecule has 4 atom stereocenters. The summed E-state index contributed by atoms with van der Waals surface area (Å²) in [7, 11) is 1.32. The van der Waals surface area contributed by atoms with E-state index >= 15 is 0 Å². The van der Waals surface area contributed by atoms with Gasteiger partial charge in [-0.25, -0.2) is 4.39 Å². The van der Waals surface area contributed by atoms with Crippen molar-refractivity contribution >= 4 is 23.5 Å². The topological polar surface area (TPSA) is 123 Å². The van der Waals surface area contributed by atoms with Crippen LogP contribution in [0.15, 0.2) is 36.4 Å². The monoisotopic (exact) mass is 590 g/mol. The third-order valence-electron chi connectivity index (χ3n) is 8.66. The average Bonchev–Trinajstić information content (AvgIpc) is 3.56. The van der Waals surface area contributed by atoms with E-state index in [1.54, 1.807) is 6.07 Å². The van der Waals surface area contributed by atoms with E-state index in [1.807, 2.05) is 0 Å². The van der Waals surface area contributed by atoms with Gasteiger partial charge in [0, 0.05) is 23.9 Å². The van der Waals surface area contributed by atoms with Crippen LogP contribution < -0.4 is 24.8 Å². The van der Waals surface area contributed by atoms with Crippen LogP contribution in [0.25, 0.3) is 0 Å². The summed E-state index contributed by atoms with van der Waals surface area (Å²) in [5, 5.41) is 15.0. The molecule has 2 aromatic carbocycles. The lowest BCUT2D eigenvalue weighted by Crippen LogP contribution is -2.48. The van der Waals surface area contributed by atoms with Crippen molar-refractivity contribution in [3.8, 4) is 17.2 Å². The van der Waals surface area contributed by atoms with Crippen molar-refractivity contribution in [2.24, 2.45) is 23.7 Å². The molecular formula is C30H33F3N2O7. The van der Waals surface area contributed by atoms with E-state index in [9.17, 15) is 32.7 Å². The maximum atomic E-state index is 14.9. The standard InChI is InChI=1S/C30H33F3N2O7/c1-40-23-14-22(31)24(41-19-9-7-15(8-10-19)29(38)39)13-21(23)27(36)35-26-17-6-5-16(11-17)25(26)28(37)34-18-3-2-4-20(12-18)42-30(32)33/h2-4,12-17,19,25-26,30H,5-11H2,1H3,(H,34,37)(H,35,36)(H,38,39)/t15?,16-,17+,19?,25+,26-/m1/s1. The molecule has 0 spiro atoms. The third-order valence-corrected chi connectivity index (χ3v) is 8.66. The summed E-state index contributed by atoms with van der Waals surface area (Å²) < 4.78 is 55.7. The number of carbonyl (C=O) groups excluding carboxylic acids is 2. The van der Waals surface area contributed by atoms with Crippen molar-refractivity contribution < 1.29 is 46.9 Å². The summed E-state index contributed by atoms with van der Waals surface area (Å²) >= 11 is 0. The molecule has 3 fully saturated rings. The number of carbonyl (C=O) groups is 3. The number of benzene rings is 2. The number of alkyl halides is 2. The normalized spacial score (nSPS) is 26.5. The van der Waals surface area contributed by atoms with E-state index in [2.05, 4.69) is 15.4 Å². The summed E-state index contributed by atoms with van der Waals surface area (Å²) in [5.74, 6) is -3.57. The minimum absolute atomic E-state index is 0.00642. The van der Waals surface area contributed by atoms with E-state index < -0.39 is 42.2 Å². The van der Waals surface area contributed by atoms with Gasteiger partial charge in [-0.3, -0.25) is 14.4 Å². The maximum Gasteiger partial charge on any atom is 0.387 e. The van der Waals surface area contributed by atoms with Crippen molar-refractivity contribution in [3.63, 3.8) is 0 Å². The van der Waals surface area contributed by atoms with Crippen LogP contribution in [0.1, 0.15) is 55.3 Å². The van der Waals surface area contributed by atoms with E-state index in [0.29, 0.717) is 31.4 Å². The fraction of sp³-hybridized carbons (Fsp3) is 0.500. The summed E-state index contributed by atoms with van der Waals surface area (Å²) in [6, 6.07) is 7.58. The Bertz CT molecular complexity index is 1330. The summed E-state index contributed by atoms with van der Waals surface area (Å²) in [5.41, 5.74) is 0.345. The SMILES string of the molecule is COc1cc(F)c(OC2CCC(C(=O)O)CC2)cc1C(=O)N[C@@H]1[C@H]2CC[C@H](C2)[C@@H]1C(=O)Nc1cccc(OC(F)F)c1. The molecule has 226 valence electrons. The number of carboxylic acids is 1. The molecule has 2 aromatic rings. The lowest BCUT2D eigenvalue weighted by Gasteiger charge is -2.31. The number of carboxylic acid groups (broad SMARTS) is 1. The highest BCUT2D eigenvalue weighted by Gasteiger charge is 2.51. The molecule has 9 nitrogen and oxygen atoms in total. The Kier molecular flexibility index (Phi) is 8.79. The second-order valence-electron chi connectivity index (χ2n) is 11.2. The molecule has 3 N–H and O–H groups in total. The van der Waals surface area contributed by atoms with Gasteiger partial charge in [-0.15, -0.1) is 0 Å². The first-order valence-corrected chi connectivity index (χ1v) is 14.1. The molecule has 42 heavy (non-hydrogen) atoms. The molecule has 3 aliphatic rings. The van der Waals surface area contributed by atoms with E-state index in [0.717, 1.165) is 25.3 Å². The number of anilines is 1. The van der Waals surface area contributed by atoms with Crippen LogP contribution >= 0.6 is 0 Å². The van der Waals surface area contributed by atoms with Gasteiger partial charge in [-0.2, -0.15) is 8.78 Å². The molecule has 0 heterocycles. The number of ether oxygens (including phenoxy) is 3. The van der Waals surface area contributed by atoms with Crippen molar-refractivity contribution in [1.82, 2.24) is 5.32 Å². The van der Waals surface area contributed by atoms with Crippen LogP contribution in [0, 0.1) is 29.5 Å². The van der Waals surface area contributed by atoms with Gasteiger partial charge in [-0.05, 0) is 75.0 Å². The first-order chi connectivity index (χ1) is 20.1.